The van der Waals surface area contributed by atoms with Crippen LogP contribution in [0.25, 0.3) is 0 Å². The average Bonchev–Trinajstić information content (AvgIpc) is 2.35. The molecular formula is C9H4ClF13O2. The summed E-state index contributed by atoms with van der Waals surface area (Å²) in [6.45, 7) is -0.510. The summed E-state index contributed by atoms with van der Waals surface area (Å²) in [7, 11) is 0. The van der Waals surface area contributed by atoms with Crippen molar-refractivity contribution in [3.63, 3.8) is 0 Å². The smallest absolute Gasteiger partial charge is 0.384 e. The minimum atomic E-state index is -7.96. The van der Waals surface area contributed by atoms with Gasteiger partial charge < -0.3 is 4.74 Å². The van der Waals surface area contributed by atoms with Crippen molar-refractivity contribution in [3.8, 4) is 0 Å². The fourth-order valence-corrected chi connectivity index (χ4v) is 1.30. The normalized spacial score (nSPS) is 16.6. The molecule has 0 radical (unpaired) electrons. The predicted octanol–water partition coefficient (Wildman–Crippen LogP) is 5.49. The molecule has 2 nitrogen and oxygen atoms in total. The molecule has 0 aromatic heterocycles. The summed E-state index contributed by atoms with van der Waals surface area (Å²) in [5, 5.41) is 0. The van der Waals surface area contributed by atoms with Crippen molar-refractivity contribution in [1.29, 1.82) is 0 Å². The van der Waals surface area contributed by atoms with Crippen molar-refractivity contribution in [2.24, 2.45) is 0 Å². The van der Waals surface area contributed by atoms with Crippen LogP contribution in [0.15, 0.2) is 0 Å². The lowest BCUT2D eigenvalue weighted by Gasteiger charge is -2.40. The maximum Gasteiger partial charge on any atom is 0.474 e. The van der Waals surface area contributed by atoms with E-state index in [0.29, 0.717) is 0 Å². The van der Waals surface area contributed by atoms with Crippen LogP contribution in [0.1, 0.15) is 6.92 Å². The second-order valence-corrected chi connectivity index (χ2v) is 4.70. The Labute approximate surface area is 133 Å². The minimum Gasteiger partial charge on any atom is -0.384 e. The lowest BCUT2D eigenvalue weighted by Crippen LogP contribution is -2.72. The maximum atomic E-state index is 13.1. The molecule has 0 heterocycles. The molecule has 0 aliphatic carbocycles. The highest BCUT2D eigenvalue weighted by Gasteiger charge is 2.91. The summed E-state index contributed by atoms with van der Waals surface area (Å²) >= 11 is 4.01. The van der Waals surface area contributed by atoms with E-state index in [-0.39, 0.29) is 0 Å². The van der Waals surface area contributed by atoms with Gasteiger partial charge in [-0.3, -0.25) is 0 Å². The Bertz CT molecular complexity index is 516. The second-order valence-electron chi connectivity index (χ2n) is 4.39. The third kappa shape index (κ3) is 3.30. The van der Waals surface area contributed by atoms with Gasteiger partial charge in [-0.2, -0.15) is 52.7 Å². The molecule has 150 valence electrons. The molecule has 0 saturated heterocycles. The van der Waals surface area contributed by atoms with E-state index in [0.717, 1.165) is 0 Å². The highest BCUT2D eigenvalue weighted by Crippen LogP contribution is 2.60. The average molecular weight is 427 g/mol. The van der Waals surface area contributed by atoms with Crippen molar-refractivity contribution < 1.29 is 66.6 Å². The third-order valence-corrected chi connectivity index (χ3v) is 2.75. The van der Waals surface area contributed by atoms with Gasteiger partial charge >= 0.3 is 41.1 Å². The van der Waals surface area contributed by atoms with Gasteiger partial charge in [-0.25, -0.2) is 9.18 Å². The SMILES string of the molecule is CC(F)C(F)(F)C(F)(F)C(F)(F)C(F)(F)C(F)(F)C(F)(F)OC(=O)Cl. The molecule has 0 fully saturated rings. The molecule has 16 heteroatoms. The molecule has 0 saturated carbocycles. The van der Waals surface area contributed by atoms with Crippen LogP contribution in [0.4, 0.5) is 61.9 Å². The Balaban J connectivity index is 6.34. The number of carbonyl (C=O) groups is 1. The summed E-state index contributed by atoms with van der Waals surface area (Å²) in [5.74, 6) is -37.8. The zero-order valence-corrected chi connectivity index (χ0v) is 11.9. The maximum absolute atomic E-state index is 13.1. The van der Waals surface area contributed by atoms with Crippen LogP contribution in [-0.2, 0) is 4.74 Å². The number of ether oxygens (including phenoxy) is 1. The molecule has 25 heavy (non-hydrogen) atoms. The lowest BCUT2D eigenvalue weighted by molar-refractivity contribution is -0.451. The monoisotopic (exact) mass is 426 g/mol. The fraction of sp³-hybridized carbons (Fsp3) is 0.889. The second kappa shape index (κ2) is 6.23. The van der Waals surface area contributed by atoms with Crippen molar-refractivity contribution in [3.05, 3.63) is 0 Å². The molecule has 0 aliphatic heterocycles. The van der Waals surface area contributed by atoms with E-state index < -0.39 is 54.2 Å². The summed E-state index contributed by atoms with van der Waals surface area (Å²) < 4.78 is 170. The summed E-state index contributed by atoms with van der Waals surface area (Å²) in [6, 6.07) is 0. The highest BCUT2D eigenvalue weighted by molar-refractivity contribution is 6.61. The summed E-state index contributed by atoms with van der Waals surface area (Å²) in [4.78, 5) is 9.91. The van der Waals surface area contributed by atoms with E-state index in [4.69, 9.17) is 0 Å². The van der Waals surface area contributed by atoms with Gasteiger partial charge in [0.2, 0.25) is 0 Å². The van der Waals surface area contributed by atoms with Crippen LogP contribution in [0.3, 0.4) is 0 Å². The molecule has 0 amide bonds. The van der Waals surface area contributed by atoms with Gasteiger partial charge in [0.25, 0.3) is 0 Å². The van der Waals surface area contributed by atoms with Crippen LogP contribution in [0, 0.1) is 0 Å². The van der Waals surface area contributed by atoms with Crippen LogP contribution in [0.5, 0.6) is 0 Å². The molecular weight excluding hydrogens is 423 g/mol. The zero-order valence-electron chi connectivity index (χ0n) is 11.2. The van der Waals surface area contributed by atoms with Gasteiger partial charge in [0.1, 0.15) is 0 Å². The van der Waals surface area contributed by atoms with Gasteiger partial charge in [-0.05, 0) is 6.92 Å². The largest absolute Gasteiger partial charge is 0.474 e. The van der Waals surface area contributed by atoms with Crippen LogP contribution in [-0.4, -0.2) is 47.3 Å². The van der Waals surface area contributed by atoms with Crippen LogP contribution < -0.4 is 0 Å². The first-order chi connectivity index (χ1) is 10.6. The summed E-state index contributed by atoms with van der Waals surface area (Å²) in [6.07, 6.45) is -11.2. The highest BCUT2D eigenvalue weighted by atomic mass is 35.5. The Kier molecular flexibility index (Phi) is 5.94. The third-order valence-electron chi connectivity index (χ3n) is 2.68. The fourth-order valence-electron chi connectivity index (χ4n) is 1.20. The van der Waals surface area contributed by atoms with E-state index in [1.54, 1.807) is 0 Å². The molecule has 0 rings (SSSR count). The van der Waals surface area contributed by atoms with Crippen LogP contribution >= 0.6 is 11.6 Å². The molecule has 0 aromatic rings. The number of carbonyl (C=O) groups excluding carboxylic acids is 1. The first-order valence-corrected chi connectivity index (χ1v) is 5.78. The molecule has 0 spiro atoms. The Morgan fingerprint density at radius 2 is 1.08 bits per heavy atom. The Morgan fingerprint density at radius 3 is 1.36 bits per heavy atom. The van der Waals surface area contributed by atoms with Crippen molar-refractivity contribution in [2.75, 3.05) is 0 Å². The number of alkyl halides is 13. The number of rotatable bonds is 7. The van der Waals surface area contributed by atoms with E-state index in [1.165, 1.54) is 0 Å². The van der Waals surface area contributed by atoms with Crippen molar-refractivity contribution >= 4 is 17.0 Å². The van der Waals surface area contributed by atoms with E-state index >= 15 is 0 Å². The van der Waals surface area contributed by atoms with Crippen LogP contribution in [0.2, 0.25) is 0 Å². The minimum absolute atomic E-state index is 0.510. The number of hydrogen-bond acceptors (Lipinski definition) is 2. The molecule has 0 N–H and O–H groups in total. The number of hydrogen-bond donors (Lipinski definition) is 0. The summed E-state index contributed by atoms with van der Waals surface area (Å²) in [5.41, 5.74) is -2.95. The van der Waals surface area contributed by atoms with Gasteiger partial charge in [0, 0.05) is 11.6 Å². The zero-order chi connectivity index (χ0) is 20.9. The lowest BCUT2D eigenvalue weighted by atomic mass is 9.92. The Morgan fingerprint density at radius 1 is 0.760 bits per heavy atom. The molecule has 0 aliphatic rings. The predicted molar refractivity (Wildman–Crippen MR) is 52.6 cm³/mol. The van der Waals surface area contributed by atoms with Crippen molar-refractivity contribution in [1.82, 2.24) is 0 Å². The van der Waals surface area contributed by atoms with E-state index in [2.05, 4.69) is 16.3 Å². The van der Waals surface area contributed by atoms with Gasteiger partial charge in [0.15, 0.2) is 6.17 Å². The molecule has 1 unspecified atom stereocenters. The topological polar surface area (TPSA) is 26.3 Å². The Hall–Kier alpha value is -1.15. The van der Waals surface area contributed by atoms with Gasteiger partial charge in [-0.1, -0.05) is 0 Å². The first-order valence-electron chi connectivity index (χ1n) is 5.40. The van der Waals surface area contributed by atoms with Gasteiger partial charge in [0.05, 0.1) is 0 Å². The molecule has 0 aromatic carbocycles. The van der Waals surface area contributed by atoms with E-state index in [9.17, 15) is 61.9 Å². The van der Waals surface area contributed by atoms with Crippen molar-refractivity contribution in [2.45, 2.75) is 48.8 Å². The molecule has 1 atom stereocenters. The van der Waals surface area contributed by atoms with Gasteiger partial charge in [-0.15, -0.1) is 0 Å². The standard InChI is InChI=1S/C9H4ClF13O2/c1-2(11)4(12,13)5(14,15)6(16,17)7(18,19)8(20,21)9(22,23)25-3(10)24/h2H,1H3. The number of halogens is 14. The quantitative estimate of drug-likeness (QED) is 0.398. The first kappa shape index (κ1) is 23.9. The molecule has 0 bridgehead atoms. The van der Waals surface area contributed by atoms with E-state index in [1.807, 2.05) is 0 Å².